The number of hydrogen-bond acceptors (Lipinski definition) is 3. The van der Waals surface area contributed by atoms with Crippen LogP contribution in [-0.2, 0) is 0 Å². The van der Waals surface area contributed by atoms with Crippen molar-refractivity contribution in [2.24, 2.45) is 0 Å². The molecule has 0 saturated carbocycles. The molecule has 96 valence electrons. The minimum absolute atomic E-state index is 0.209. The maximum absolute atomic E-state index is 5.61. The molecular weight excluding hydrogens is 245 g/mol. The second kappa shape index (κ2) is 4.71. The zero-order valence-electron chi connectivity index (χ0n) is 11.8. The molecule has 3 nitrogen and oxygen atoms in total. The fraction of sp³-hybridized carbons (Fsp3) is 0.188. The lowest BCUT2D eigenvalue weighted by Crippen LogP contribution is -2.15. The molecular formula is C16H14BN3. The minimum atomic E-state index is 0.209. The van der Waals surface area contributed by atoms with E-state index >= 15 is 0 Å². The van der Waals surface area contributed by atoms with Gasteiger partial charge in [0.15, 0.2) is 7.85 Å². The van der Waals surface area contributed by atoms with Gasteiger partial charge in [0.25, 0.3) is 0 Å². The third kappa shape index (κ3) is 2.07. The molecule has 0 bridgehead atoms. The van der Waals surface area contributed by atoms with Gasteiger partial charge in [0.1, 0.15) is 5.52 Å². The summed E-state index contributed by atoms with van der Waals surface area (Å²) in [5.74, 6) is 0. The van der Waals surface area contributed by atoms with Crippen LogP contribution in [0.2, 0.25) is 0 Å². The van der Waals surface area contributed by atoms with Gasteiger partial charge in [0, 0.05) is 0 Å². The molecule has 3 rings (SSSR count). The lowest BCUT2D eigenvalue weighted by Gasteiger charge is -2.12. The van der Waals surface area contributed by atoms with Crippen molar-refractivity contribution in [3.05, 3.63) is 47.0 Å². The normalized spacial score (nSPS) is 10.9. The Balaban J connectivity index is 2.31. The summed E-state index contributed by atoms with van der Waals surface area (Å²) >= 11 is 0. The number of rotatable bonds is 1. The molecule has 0 fully saturated rings. The summed E-state index contributed by atoms with van der Waals surface area (Å²) < 4.78 is 0. The van der Waals surface area contributed by atoms with Crippen molar-refractivity contribution < 1.29 is 0 Å². The molecule has 0 amide bonds. The molecule has 0 N–H and O–H groups in total. The van der Waals surface area contributed by atoms with Crippen molar-refractivity contribution in [3.63, 3.8) is 0 Å². The quantitative estimate of drug-likeness (QED) is 0.630. The standard InChI is InChI=1S/C16H14BN3/c1-9-5-4-6-10(2)14(9)12-7-11(3)15-13(8-12)19-20-16(17)18-15/h4-8H,1-3H3. The van der Waals surface area contributed by atoms with E-state index in [1.54, 1.807) is 0 Å². The van der Waals surface area contributed by atoms with Crippen LogP contribution in [-0.4, -0.2) is 23.0 Å². The van der Waals surface area contributed by atoms with Gasteiger partial charge in [-0.15, -0.1) is 10.2 Å². The van der Waals surface area contributed by atoms with Crippen molar-refractivity contribution in [2.45, 2.75) is 20.8 Å². The third-order valence-electron chi connectivity index (χ3n) is 3.54. The third-order valence-corrected chi connectivity index (χ3v) is 3.54. The fourth-order valence-electron chi connectivity index (χ4n) is 2.64. The largest absolute Gasteiger partial charge is 0.241 e. The number of fused-ring (bicyclic) bond motifs is 1. The molecule has 20 heavy (non-hydrogen) atoms. The van der Waals surface area contributed by atoms with Gasteiger partial charge in [-0.2, -0.15) is 0 Å². The van der Waals surface area contributed by atoms with Gasteiger partial charge >= 0.3 is 0 Å². The first-order valence-corrected chi connectivity index (χ1v) is 6.53. The van der Waals surface area contributed by atoms with Crippen molar-refractivity contribution in [2.75, 3.05) is 0 Å². The van der Waals surface area contributed by atoms with Gasteiger partial charge in [-0.3, -0.25) is 0 Å². The number of benzene rings is 2. The van der Waals surface area contributed by atoms with Crippen LogP contribution >= 0.6 is 0 Å². The van der Waals surface area contributed by atoms with Gasteiger partial charge in [-0.05, 0) is 60.7 Å². The summed E-state index contributed by atoms with van der Waals surface area (Å²) in [4.78, 5) is 4.26. The van der Waals surface area contributed by atoms with Crippen molar-refractivity contribution in [1.29, 1.82) is 0 Å². The van der Waals surface area contributed by atoms with E-state index < -0.39 is 0 Å². The second-order valence-corrected chi connectivity index (χ2v) is 5.10. The van der Waals surface area contributed by atoms with Gasteiger partial charge < -0.3 is 0 Å². The summed E-state index contributed by atoms with van der Waals surface area (Å²) in [6, 6.07) is 10.5. The molecule has 0 unspecified atom stereocenters. The molecule has 3 aromatic rings. The maximum atomic E-state index is 5.61. The maximum Gasteiger partial charge on any atom is 0.173 e. The highest BCUT2D eigenvalue weighted by Crippen LogP contribution is 2.30. The first kappa shape index (κ1) is 12.8. The van der Waals surface area contributed by atoms with Crippen LogP contribution in [0.4, 0.5) is 0 Å². The monoisotopic (exact) mass is 259 g/mol. The predicted octanol–water partition coefficient (Wildman–Crippen LogP) is 2.41. The molecule has 1 aromatic heterocycles. The number of aryl methyl sites for hydroxylation is 3. The first-order valence-electron chi connectivity index (χ1n) is 6.53. The molecule has 2 aromatic carbocycles. The Morgan fingerprint density at radius 2 is 1.60 bits per heavy atom. The Kier molecular flexibility index (Phi) is 3.01. The average molecular weight is 259 g/mol. The molecule has 2 radical (unpaired) electrons. The molecule has 0 aliphatic heterocycles. The molecule has 0 spiro atoms. The summed E-state index contributed by atoms with van der Waals surface area (Å²) in [6.45, 7) is 6.26. The first-order chi connectivity index (χ1) is 9.56. The van der Waals surface area contributed by atoms with E-state index in [1.807, 2.05) is 13.0 Å². The van der Waals surface area contributed by atoms with E-state index in [9.17, 15) is 0 Å². The molecule has 0 atom stereocenters. The van der Waals surface area contributed by atoms with E-state index in [4.69, 9.17) is 7.85 Å². The smallest absolute Gasteiger partial charge is 0.173 e. The summed E-state index contributed by atoms with van der Waals surface area (Å²) in [6.07, 6.45) is 0. The zero-order chi connectivity index (χ0) is 14.3. The zero-order valence-corrected chi connectivity index (χ0v) is 11.8. The molecule has 0 saturated heterocycles. The lowest BCUT2D eigenvalue weighted by molar-refractivity contribution is 1.06. The SMILES string of the molecule is [B]c1nnc2cc(-c3c(C)cccc3C)cc(C)c2n1. The van der Waals surface area contributed by atoms with E-state index in [0.717, 1.165) is 22.2 Å². The predicted molar refractivity (Wildman–Crippen MR) is 82.4 cm³/mol. The minimum Gasteiger partial charge on any atom is -0.241 e. The summed E-state index contributed by atoms with van der Waals surface area (Å²) in [7, 11) is 5.61. The van der Waals surface area contributed by atoms with Crippen LogP contribution in [0.5, 0.6) is 0 Å². The van der Waals surface area contributed by atoms with Gasteiger partial charge in [-0.25, -0.2) is 4.98 Å². The van der Waals surface area contributed by atoms with E-state index in [-0.39, 0.29) is 5.72 Å². The Bertz CT molecular complexity index is 792. The topological polar surface area (TPSA) is 38.7 Å². The van der Waals surface area contributed by atoms with E-state index in [2.05, 4.69) is 53.3 Å². The highest BCUT2D eigenvalue weighted by molar-refractivity contribution is 6.29. The Labute approximate surface area is 119 Å². The van der Waals surface area contributed by atoms with Crippen molar-refractivity contribution >= 4 is 24.6 Å². The Morgan fingerprint density at radius 3 is 2.30 bits per heavy atom. The van der Waals surface area contributed by atoms with Crippen LogP contribution in [0.15, 0.2) is 30.3 Å². The fourth-order valence-corrected chi connectivity index (χ4v) is 2.64. The van der Waals surface area contributed by atoms with Crippen molar-refractivity contribution in [3.8, 4) is 11.1 Å². The van der Waals surface area contributed by atoms with Crippen LogP contribution in [0.25, 0.3) is 22.2 Å². The highest BCUT2D eigenvalue weighted by atomic mass is 15.1. The van der Waals surface area contributed by atoms with Crippen LogP contribution < -0.4 is 5.72 Å². The second-order valence-electron chi connectivity index (χ2n) is 5.10. The average Bonchev–Trinajstić information content (AvgIpc) is 2.39. The highest BCUT2D eigenvalue weighted by Gasteiger charge is 2.10. The molecule has 1 heterocycles. The van der Waals surface area contributed by atoms with E-state index in [0.29, 0.717) is 0 Å². The lowest BCUT2D eigenvalue weighted by atomic mass is 9.94. The summed E-state index contributed by atoms with van der Waals surface area (Å²) in [5.41, 5.74) is 7.74. The number of nitrogens with zero attached hydrogens (tertiary/aromatic N) is 3. The number of hydrogen-bond donors (Lipinski definition) is 0. The van der Waals surface area contributed by atoms with Crippen LogP contribution in [0.3, 0.4) is 0 Å². The van der Waals surface area contributed by atoms with Gasteiger partial charge in [0.2, 0.25) is 0 Å². The van der Waals surface area contributed by atoms with Crippen LogP contribution in [0.1, 0.15) is 16.7 Å². The van der Waals surface area contributed by atoms with Gasteiger partial charge in [-0.1, -0.05) is 18.2 Å². The van der Waals surface area contributed by atoms with E-state index in [1.165, 1.54) is 16.7 Å². The molecule has 0 aliphatic carbocycles. The Morgan fingerprint density at radius 1 is 0.900 bits per heavy atom. The van der Waals surface area contributed by atoms with Crippen molar-refractivity contribution in [1.82, 2.24) is 15.2 Å². The molecule has 0 aliphatic rings. The summed E-state index contributed by atoms with van der Waals surface area (Å²) in [5, 5.41) is 7.99. The molecule has 4 heteroatoms. The number of aromatic nitrogens is 3. The Hall–Kier alpha value is -2.23. The van der Waals surface area contributed by atoms with Gasteiger partial charge in [0.05, 0.1) is 11.2 Å². The van der Waals surface area contributed by atoms with Crippen LogP contribution in [0, 0.1) is 20.8 Å².